The molecule has 0 heterocycles. The van der Waals surface area contributed by atoms with E-state index >= 15 is 0 Å². The normalized spacial score (nSPS) is 16.6. The highest BCUT2D eigenvalue weighted by Crippen LogP contribution is 2.35. The van der Waals surface area contributed by atoms with Crippen LogP contribution in [0.1, 0.15) is 49.7 Å². The van der Waals surface area contributed by atoms with E-state index < -0.39 is 5.92 Å². The number of Topliss-reactive ketones (excluding diaryl/α,β-unsaturated/α-hetero) is 1. The van der Waals surface area contributed by atoms with Crippen molar-refractivity contribution in [2.24, 2.45) is 5.92 Å². The third kappa shape index (κ3) is 2.55. The van der Waals surface area contributed by atoms with Gasteiger partial charge in [0.2, 0.25) is 0 Å². The number of nitrogens with zero attached hydrogens (tertiary/aromatic N) is 1. The highest BCUT2D eigenvalue weighted by molar-refractivity contribution is 5.92. The summed E-state index contributed by atoms with van der Waals surface area (Å²) in [6.45, 7) is 4.26. The van der Waals surface area contributed by atoms with Crippen LogP contribution < -0.4 is 0 Å². The number of hydrogen-bond acceptors (Lipinski definition) is 2. The van der Waals surface area contributed by atoms with Gasteiger partial charge < -0.3 is 0 Å². The van der Waals surface area contributed by atoms with Gasteiger partial charge in [0, 0.05) is 5.92 Å². The van der Waals surface area contributed by atoms with Gasteiger partial charge in [0.1, 0.15) is 5.92 Å². The lowest BCUT2D eigenvalue weighted by atomic mass is 9.91. The number of carbonyl (C=O) groups excluding carboxylic acids is 1. The van der Waals surface area contributed by atoms with Crippen molar-refractivity contribution in [2.75, 3.05) is 0 Å². The lowest BCUT2D eigenvalue weighted by Gasteiger charge is -2.10. The van der Waals surface area contributed by atoms with Gasteiger partial charge in [-0.2, -0.15) is 5.26 Å². The summed E-state index contributed by atoms with van der Waals surface area (Å²) in [5, 5.41) is 9.13. The Morgan fingerprint density at radius 1 is 1.24 bits per heavy atom. The molecule has 0 amide bonds. The minimum atomic E-state index is -0.566. The number of carbonyl (C=O) groups is 1. The molecule has 0 N–H and O–H groups in total. The second kappa shape index (κ2) is 4.71. The molecular weight excluding hydrogens is 210 g/mol. The van der Waals surface area contributed by atoms with Crippen LogP contribution in [0.4, 0.5) is 0 Å². The Bertz CT molecular complexity index is 449. The molecule has 17 heavy (non-hydrogen) atoms. The Hall–Kier alpha value is -1.62. The standard InChI is InChI=1S/C15H17NO/c1-10(2)11-3-5-12(6-4-11)14(9-16)15(17)13-7-8-13/h3-6,10,13-14H,7-8H2,1-2H3. The summed E-state index contributed by atoms with van der Waals surface area (Å²) in [6.07, 6.45) is 1.92. The number of ketones is 1. The summed E-state index contributed by atoms with van der Waals surface area (Å²) < 4.78 is 0. The van der Waals surface area contributed by atoms with Gasteiger partial charge in [-0.25, -0.2) is 0 Å². The van der Waals surface area contributed by atoms with Crippen molar-refractivity contribution in [3.05, 3.63) is 35.4 Å². The van der Waals surface area contributed by atoms with Crippen LogP contribution in [-0.2, 0) is 4.79 Å². The Morgan fingerprint density at radius 3 is 2.18 bits per heavy atom. The van der Waals surface area contributed by atoms with Crippen molar-refractivity contribution < 1.29 is 4.79 Å². The quantitative estimate of drug-likeness (QED) is 0.791. The molecule has 1 aromatic rings. The fourth-order valence-electron chi connectivity index (χ4n) is 1.98. The van der Waals surface area contributed by atoms with Gasteiger partial charge in [-0.15, -0.1) is 0 Å². The summed E-state index contributed by atoms with van der Waals surface area (Å²) in [4.78, 5) is 11.9. The van der Waals surface area contributed by atoms with Gasteiger partial charge in [-0.3, -0.25) is 4.79 Å². The fraction of sp³-hybridized carbons (Fsp3) is 0.467. The van der Waals surface area contributed by atoms with E-state index in [1.807, 2.05) is 24.3 Å². The van der Waals surface area contributed by atoms with Crippen molar-refractivity contribution in [1.29, 1.82) is 5.26 Å². The monoisotopic (exact) mass is 227 g/mol. The zero-order chi connectivity index (χ0) is 12.4. The predicted octanol–water partition coefficient (Wildman–Crippen LogP) is 3.40. The van der Waals surface area contributed by atoms with Crippen molar-refractivity contribution in [1.82, 2.24) is 0 Å². The molecule has 0 spiro atoms. The summed E-state index contributed by atoms with van der Waals surface area (Å²) >= 11 is 0. The topological polar surface area (TPSA) is 40.9 Å². The molecule has 1 unspecified atom stereocenters. The highest BCUT2D eigenvalue weighted by atomic mass is 16.1. The smallest absolute Gasteiger partial charge is 0.157 e. The largest absolute Gasteiger partial charge is 0.298 e. The van der Waals surface area contributed by atoms with Crippen molar-refractivity contribution >= 4 is 5.78 Å². The van der Waals surface area contributed by atoms with Crippen molar-refractivity contribution in [3.63, 3.8) is 0 Å². The molecule has 1 aromatic carbocycles. The molecule has 1 aliphatic carbocycles. The van der Waals surface area contributed by atoms with Crippen LogP contribution in [0.15, 0.2) is 24.3 Å². The number of rotatable bonds is 4. The highest BCUT2D eigenvalue weighted by Gasteiger charge is 2.35. The average molecular weight is 227 g/mol. The molecule has 1 fully saturated rings. The maximum Gasteiger partial charge on any atom is 0.157 e. The first kappa shape index (κ1) is 11.9. The molecule has 88 valence electrons. The lowest BCUT2D eigenvalue weighted by Crippen LogP contribution is -2.12. The molecule has 0 saturated heterocycles. The first-order chi connectivity index (χ1) is 8.13. The Kier molecular flexibility index (Phi) is 3.28. The SMILES string of the molecule is CC(C)c1ccc(C(C#N)C(=O)C2CC2)cc1. The van der Waals surface area contributed by atoms with Gasteiger partial charge in [-0.1, -0.05) is 38.1 Å². The van der Waals surface area contributed by atoms with Gasteiger partial charge in [0.05, 0.1) is 6.07 Å². The van der Waals surface area contributed by atoms with Crippen LogP contribution in [0.3, 0.4) is 0 Å². The predicted molar refractivity (Wildman–Crippen MR) is 66.6 cm³/mol. The maximum absolute atomic E-state index is 11.9. The number of hydrogen-bond donors (Lipinski definition) is 0. The van der Waals surface area contributed by atoms with Crippen LogP contribution in [-0.4, -0.2) is 5.78 Å². The van der Waals surface area contributed by atoms with Crippen molar-refractivity contribution in [3.8, 4) is 6.07 Å². The summed E-state index contributed by atoms with van der Waals surface area (Å²) in [5.41, 5.74) is 2.08. The molecular formula is C15H17NO. The molecule has 2 nitrogen and oxygen atoms in total. The van der Waals surface area contributed by atoms with E-state index in [1.165, 1.54) is 5.56 Å². The molecule has 2 heteroatoms. The van der Waals surface area contributed by atoms with E-state index in [0.717, 1.165) is 18.4 Å². The van der Waals surface area contributed by atoms with Gasteiger partial charge in [-0.05, 0) is 29.9 Å². The average Bonchev–Trinajstić information content (AvgIpc) is 3.14. The van der Waals surface area contributed by atoms with Crippen LogP contribution in [0, 0.1) is 17.2 Å². The van der Waals surface area contributed by atoms with Gasteiger partial charge in [0.15, 0.2) is 5.78 Å². The summed E-state index contributed by atoms with van der Waals surface area (Å²) in [5.74, 6) is 0.154. The van der Waals surface area contributed by atoms with E-state index in [1.54, 1.807) is 0 Å². The second-order valence-corrected chi connectivity index (χ2v) is 5.06. The lowest BCUT2D eigenvalue weighted by molar-refractivity contribution is -0.120. The molecule has 0 aromatic heterocycles. The third-order valence-corrected chi connectivity index (χ3v) is 3.33. The molecule has 0 radical (unpaired) electrons. The van der Waals surface area contributed by atoms with Crippen LogP contribution in [0.25, 0.3) is 0 Å². The number of benzene rings is 1. The molecule has 1 aliphatic rings. The molecule has 0 bridgehead atoms. The maximum atomic E-state index is 11.9. The van der Waals surface area contributed by atoms with Crippen LogP contribution in [0.5, 0.6) is 0 Å². The van der Waals surface area contributed by atoms with Crippen LogP contribution >= 0.6 is 0 Å². The van der Waals surface area contributed by atoms with E-state index in [2.05, 4.69) is 19.9 Å². The minimum Gasteiger partial charge on any atom is -0.298 e. The first-order valence-corrected chi connectivity index (χ1v) is 6.16. The van der Waals surface area contributed by atoms with Crippen molar-refractivity contribution in [2.45, 2.75) is 38.5 Å². The van der Waals surface area contributed by atoms with E-state index in [4.69, 9.17) is 5.26 Å². The van der Waals surface area contributed by atoms with Crippen LogP contribution in [0.2, 0.25) is 0 Å². The second-order valence-electron chi connectivity index (χ2n) is 5.06. The molecule has 1 saturated carbocycles. The molecule has 0 aliphatic heterocycles. The zero-order valence-electron chi connectivity index (χ0n) is 10.3. The fourth-order valence-corrected chi connectivity index (χ4v) is 1.98. The first-order valence-electron chi connectivity index (χ1n) is 6.16. The Balaban J connectivity index is 2.20. The van der Waals surface area contributed by atoms with E-state index in [0.29, 0.717) is 5.92 Å². The zero-order valence-corrected chi connectivity index (χ0v) is 10.3. The van der Waals surface area contributed by atoms with E-state index in [9.17, 15) is 4.79 Å². The Labute approximate surface area is 102 Å². The number of nitriles is 1. The minimum absolute atomic E-state index is 0.102. The van der Waals surface area contributed by atoms with E-state index in [-0.39, 0.29) is 11.7 Å². The molecule has 1 atom stereocenters. The summed E-state index contributed by atoms with van der Waals surface area (Å²) in [6, 6.07) is 10.0. The van der Waals surface area contributed by atoms with Gasteiger partial charge in [0.25, 0.3) is 0 Å². The Morgan fingerprint density at radius 2 is 1.76 bits per heavy atom. The third-order valence-electron chi connectivity index (χ3n) is 3.33. The summed E-state index contributed by atoms with van der Waals surface area (Å²) in [7, 11) is 0. The van der Waals surface area contributed by atoms with Gasteiger partial charge >= 0.3 is 0 Å². The molecule has 2 rings (SSSR count).